The van der Waals surface area contributed by atoms with Crippen LogP contribution in [0.5, 0.6) is 5.75 Å². The first kappa shape index (κ1) is 18.9. The number of anilines is 2. The highest BCUT2D eigenvalue weighted by Gasteiger charge is 2.24. The van der Waals surface area contributed by atoms with Gasteiger partial charge >= 0.3 is 0 Å². The minimum atomic E-state index is -0.102. The summed E-state index contributed by atoms with van der Waals surface area (Å²) in [6.45, 7) is 8.94. The Balaban J connectivity index is 1.61. The maximum Gasteiger partial charge on any atom is 0.274 e. The lowest BCUT2D eigenvalue weighted by Crippen LogP contribution is -2.49. The van der Waals surface area contributed by atoms with E-state index in [1.807, 2.05) is 29.2 Å². The Bertz CT molecular complexity index is 778. The molecule has 0 atom stereocenters. The number of piperazine rings is 1. The fourth-order valence-corrected chi connectivity index (χ4v) is 3.09. The van der Waals surface area contributed by atoms with Gasteiger partial charge in [0.05, 0.1) is 25.2 Å². The Morgan fingerprint density at radius 3 is 2.37 bits per heavy atom. The highest BCUT2D eigenvalue weighted by molar-refractivity contribution is 5.92. The van der Waals surface area contributed by atoms with Gasteiger partial charge in [-0.25, -0.2) is 9.97 Å². The molecule has 1 N–H and O–H groups in total. The van der Waals surface area contributed by atoms with Crippen LogP contribution in [0.4, 0.5) is 11.5 Å². The first-order valence-corrected chi connectivity index (χ1v) is 9.15. The number of hydrogen-bond acceptors (Lipinski definition) is 6. The fraction of sp³-hybridized carbons (Fsp3) is 0.450. The summed E-state index contributed by atoms with van der Waals surface area (Å²) in [5.41, 5.74) is 1.33. The summed E-state index contributed by atoms with van der Waals surface area (Å²) in [5, 5.41) is 3.24. The molecule has 7 heteroatoms. The molecule has 1 saturated heterocycles. The monoisotopic (exact) mass is 369 g/mol. The van der Waals surface area contributed by atoms with Crippen molar-refractivity contribution in [2.45, 2.75) is 26.3 Å². The lowest BCUT2D eigenvalue weighted by molar-refractivity contribution is 0.0740. The van der Waals surface area contributed by atoms with Gasteiger partial charge in [0, 0.05) is 31.7 Å². The third kappa shape index (κ3) is 4.67. The SMILES string of the molecule is COc1ccccc1N1CCN(C(=O)c2cnc(NC(C)(C)C)cn2)CC1. The van der Waals surface area contributed by atoms with Crippen molar-refractivity contribution in [3.8, 4) is 5.75 Å². The predicted octanol–water partition coefficient (Wildman–Crippen LogP) is 2.66. The van der Waals surface area contributed by atoms with Crippen LogP contribution in [0.2, 0.25) is 0 Å². The molecule has 1 aromatic carbocycles. The first-order valence-electron chi connectivity index (χ1n) is 9.15. The summed E-state index contributed by atoms with van der Waals surface area (Å²) >= 11 is 0. The van der Waals surface area contributed by atoms with E-state index in [1.165, 1.54) is 0 Å². The molecule has 0 saturated carbocycles. The summed E-state index contributed by atoms with van der Waals surface area (Å²) in [4.78, 5) is 25.4. The van der Waals surface area contributed by atoms with Crippen molar-refractivity contribution in [2.75, 3.05) is 43.5 Å². The van der Waals surface area contributed by atoms with Gasteiger partial charge in [0.15, 0.2) is 0 Å². The first-order chi connectivity index (χ1) is 12.9. The van der Waals surface area contributed by atoms with E-state index in [0.717, 1.165) is 24.5 Å². The van der Waals surface area contributed by atoms with Crippen LogP contribution in [-0.2, 0) is 0 Å². The molecule has 27 heavy (non-hydrogen) atoms. The molecule has 0 spiro atoms. The topological polar surface area (TPSA) is 70.6 Å². The number of methoxy groups -OCH3 is 1. The normalized spacial score (nSPS) is 14.8. The van der Waals surface area contributed by atoms with Gasteiger partial charge in [0.25, 0.3) is 5.91 Å². The van der Waals surface area contributed by atoms with Gasteiger partial charge in [-0.2, -0.15) is 0 Å². The number of aromatic nitrogens is 2. The molecule has 7 nitrogen and oxygen atoms in total. The molecule has 0 bridgehead atoms. The average molecular weight is 369 g/mol. The van der Waals surface area contributed by atoms with E-state index in [0.29, 0.717) is 24.6 Å². The van der Waals surface area contributed by atoms with Gasteiger partial charge in [0.2, 0.25) is 0 Å². The molecule has 0 unspecified atom stereocenters. The number of benzene rings is 1. The predicted molar refractivity (Wildman–Crippen MR) is 107 cm³/mol. The van der Waals surface area contributed by atoms with Crippen molar-refractivity contribution < 1.29 is 9.53 Å². The second-order valence-electron chi connectivity index (χ2n) is 7.61. The van der Waals surface area contributed by atoms with Crippen molar-refractivity contribution in [1.29, 1.82) is 0 Å². The fourth-order valence-electron chi connectivity index (χ4n) is 3.09. The highest BCUT2D eigenvalue weighted by Crippen LogP contribution is 2.28. The van der Waals surface area contributed by atoms with Gasteiger partial charge in [-0.1, -0.05) is 12.1 Å². The van der Waals surface area contributed by atoms with E-state index in [9.17, 15) is 4.79 Å². The molecule has 1 aliphatic heterocycles. The number of rotatable bonds is 4. The summed E-state index contributed by atoms with van der Waals surface area (Å²) < 4.78 is 5.44. The molecule has 0 aliphatic carbocycles. The molecular formula is C20H27N5O2. The van der Waals surface area contributed by atoms with Crippen LogP contribution in [0.25, 0.3) is 0 Å². The molecule has 2 aromatic rings. The Morgan fingerprint density at radius 1 is 1.07 bits per heavy atom. The van der Waals surface area contributed by atoms with Crippen LogP contribution in [0.3, 0.4) is 0 Å². The Labute approximate surface area is 160 Å². The van der Waals surface area contributed by atoms with E-state index < -0.39 is 0 Å². The highest BCUT2D eigenvalue weighted by atomic mass is 16.5. The van der Waals surface area contributed by atoms with Crippen molar-refractivity contribution >= 4 is 17.4 Å². The van der Waals surface area contributed by atoms with Gasteiger partial charge in [0.1, 0.15) is 17.3 Å². The number of para-hydroxylation sites is 2. The largest absolute Gasteiger partial charge is 0.495 e. The molecule has 0 radical (unpaired) electrons. The molecule has 144 valence electrons. The minimum absolute atomic E-state index is 0.0792. The van der Waals surface area contributed by atoms with Gasteiger partial charge in [-0.15, -0.1) is 0 Å². The third-order valence-corrected chi connectivity index (χ3v) is 4.37. The van der Waals surface area contributed by atoms with E-state index in [-0.39, 0.29) is 11.4 Å². The lowest BCUT2D eigenvalue weighted by Gasteiger charge is -2.36. The maximum atomic E-state index is 12.7. The number of amides is 1. The van der Waals surface area contributed by atoms with E-state index in [4.69, 9.17) is 4.74 Å². The van der Waals surface area contributed by atoms with E-state index >= 15 is 0 Å². The Morgan fingerprint density at radius 2 is 1.78 bits per heavy atom. The summed E-state index contributed by atoms with van der Waals surface area (Å²) in [5.74, 6) is 1.44. The second-order valence-corrected chi connectivity index (χ2v) is 7.61. The van der Waals surface area contributed by atoms with Crippen LogP contribution < -0.4 is 15.0 Å². The zero-order valence-electron chi connectivity index (χ0n) is 16.4. The number of nitrogens with one attached hydrogen (secondary N) is 1. The molecule has 1 fully saturated rings. The quantitative estimate of drug-likeness (QED) is 0.893. The number of hydrogen-bond donors (Lipinski definition) is 1. The molecule has 1 aliphatic rings. The van der Waals surface area contributed by atoms with Gasteiger partial charge in [-0.3, -0.25) is 4.79 Å². The summed E-state index contributed by atoms with van der Waals surface area (Å²) in [6, 6.07) is 7.95. The zero-order valence-corrected chi connectivity index (χ0v) is 16.4. The smallest absolute Gasteiger partial charge is 0.274 e. The lowest BCUT2D eigenvalue weighted by atomic mass is 10.1. The van der Waals surface area contributed by atoms with Crippen molar-refractivity contribution in [2.24, 2.45) is 0 Å². The average Bonchev–Trinajstić information content (AvgIpc) is 2.67. The van der Waals surface area contributed by atoms with Crippen LogP contribution in [0.15, 0.2) is 36.7 Å². The van der Waals surface area contributed by atoms with Crippen LogP contribution in [-0.4, -0.2) is 59.6 Å². The van der Waals surface area contributed by atoms with Crippen molar-refractivity contribution in [3.63, 3.8) is 0 Å². The van der Waals surface area contributed by atoms with Gasteiger partial charge in [-0.05, 0) is 32.9 Å². The van der Waals surface area contributed by atoms with E-state index in [1.54, 1.807) is 19.5 Å². The third-order valence-electron chi connectivity index (χ3n) is 4.37. The molecule has 3 rings (SSSR count). The summed E-state index contributed by atoms with van der Waals surface area (Å²) in [6.07, 6.45) is 3.16. The standard InChI is InChI=1S/C20H27N5O2/c1-20(2,3)23-18-14-21-15(13-22-18)19(26)25-11-9-24(10-12-25)16-7-5-6-8-17(16)27-4/h5-8,13-14H,9-12H2,1-4H3,(H,22,23). The second kappa shape index (κ2) is 7.82. The molecular weight excluding hydrogens is 342 g/mol. The van der Waals surface area contributed by atoms with Crippen LogP contribution >= 0.6 is 0 Å². The maximum absolute atomic E-state index is 12.7. The molecule has 1 aromatic heterocycles. The summed E-state index contributed by atoms with van der Waals surface area (Å²) in [7, 11) is 1.68. The minimum Gasteiger partial charge on any atom is -0.495 e. The Kier molecular flexibility index (Phi) is 5.48. The molecule has 1 amide bonds. The number of carbonyl (C=O) groups is 1. The van der Waals surface area contributed by atoms with Crippen molar-refractivity contribution in [3.05, 3.63) is 42.4 Å². The molecule has 2 heterocycles. The van der Waals surface area contributed by atoms with Crippen LogP contribution in [0.1, 0.15) is 31.3 Å². The number of nitrogens with zero attached hydrogens (tertiary/aromatic N) is 4. The zero-order chi connectivity index (χ0) is 19.4. The van der Waals surface area contributed by atoms with E-state index in [2.05, 4.69) is 41.0 Å². The number of carbonyl (C=O) groups excluding carboxylic acids is 1. The Hall–Kier alpha value is -2.83. The van der Waals surface area contributed by atoms with Crippen LogP contribution in [0, 0.1) is 0 Å². The van der Waals surface area contributed by atoms with Crippen molar-refractivity contribution in [1.82, 2.24) is 14.9 Å². The van der Waals surface area contributed by atoms with Gasteiger partial charge < -0.3 is 19.9 Å². The number of ether oxygens (including phenoxy) is 1.